The van der Waals surface area contributed by atoms with Gasteiger partial charge in [0.2, 0.25) is 0 Å². The quantitative estimate of drug-likeness (QED) is 0.489. The van der Waals surface area contributed by atoms with Gasteiger partial charge < -0.3 is 0 Å². The average molecular weight is 146 g/mol. The van der Waals surface area contributed by atoms with Crippen molar-refractivity contribution in [2.45, 2.75) is 13.8 Å². The molecule has 0 saturated heterocycles. The molecule has 0 amide bonds. The normalized spacial score (nSPS) is 23.3. The summed E-state index contributed by atoms with van der Waals surface area (Å²) < 4.78 is 27.5. The third-order valence-electron chi connectivity index (χ3n) is 1.03. The molecule has 0 N–H and O–H groups in total. The molecule has 0 bridgehead atoms. The lowest BCUT2D eigenvalue weighted by molar-refractivity contribution is 0.601. The van der Waals surface area contributed by atoms with Gasteiger partial charge in [-0.1, -0.05) is 0 Å². The van der Waals surface area contributed by atoms with E-state index in [9.17, 15) is 8.42 Å². The van der Waals surface area contributed by atoms with Crippen LogP contribution >= 0.6 is 0 Å². The summed E-state index contributed by atoms with van der Waals surface area (Å²) in [5, 5.41) is 0. The van der Waals surface area contributed by atoms with Crippen LogP contribution in [0.15, 0.2) is 8.80 Å². The van der Waals surface area contributed by atoms with Gasteiger partial charge in [-0.3, -0.25) is 0 Å². The highest BCUT2D eigenvalue weighted by Crippen LogP contribution is 2.05. The minimum absolute atomic E-state index is 0.481. The zero-order valence-electron chi connectivity index (χ0n) is 5.12. The fourth-order valence-corrected chi connectivity index (χ4v) is 1.50. The van der Waals surface area contributed by atoms with Crippen molar-refractivity contribution in [2.24, 2.45) is 8.80 Å². The second-order valence-electron chi connectivity index (χ2n) is 1.80. The van der Waals surface area contributed by atoms with E-state index in [0.717, 1.165) is 0 Å². The molecule has 9 heavy (non-hydrogen) atoms. The minimum atomic E-state index is -3.47. The molecular formula is C4H6N2O2S. The van der Waals surface area contributed by atoms with Crippen molar-refractivity contribution in [3.05, 3.63) is 0 Å². The van der Waals surface area contributed by atoms with Gasteiger partial charge in [0.25, 0.3) is 0 Å². The van der Waals surface area contributed by atoms with Crippen molar-refractivity contribution >= 4 is 21.6 Å². The molecule has 4 nitrogen and oxygen atoms in total. The Balaban J connectivity index is 3.27. The molecule has 0 aromatic heterocycles. The lowest BCUT2D eigenvalue weighted by atomic mass is 10.3. The average Bonchev–Trinajstić information content (AvgIpc) is 1.79. The first-order valence-electron chi connectivity index (χ1n) is 2.40. The topological polar surface area (TPSA) is 58.9 Å². The summed E-state index contributed by atoms with van der Waals surface area (Å²) in [6.45, 7) is 3.23. The summed E-state index contributed by atoms with van der Waals surface area (Å²) in [5.74, 6) is 0. The maximum Gasteiger partial charge on any atom is 0.363 e. The molecule has 0 aliphatic carbocycles. The van der Waals surface area contributed by atoms with Gasteiger partial charge in [0.05, 0.1) is 11.4 Å². The van der Waals surface area contributed by atoms with Gasteiger partial charge in [-0.25, -0.2) is 0 Å². The molecule has 0 radical (unpaired) electrons. The summed E-state index contributed by atoms with van der Waals surface area (Å²) >= 11 is 0. The van der Waals surface area contributed by atoms with Crippen LogP contribution in [0, 0.1) is 0 Å². The Kier molecular flexibility index (Phi) is 1.16. The number of rotatable bonds is 0. The first-order valence-corrected chi connectivity index (χ1v) is 3.79. The fraction of sp³-hybridized carbons (Fsp3) is 0.500. The fourth-order valence-electron chi connectivity index (χ4n) is 0.499. The van der Waals surface area contributed by atoms with Gasteiger partial charge in [-0.2, -0.15) is 8.42 Å². The van der Waals surface area contributed by atoms with Crippen LogP contribution in [0.2, 0.25) is 0 Å². The lowest BCUT2D eigenvalue weighted by Gasteiger charge is -1.79. The van der Waals surface area contributed by atoms with Crippen molar-refractivity contribution in [3.8, 4) is 0 Å². The van der Waals surface area contributed by atoms with Crippen LogP contribution in [0.1, 0.15) is 13.8 Å². The Morgan fingerprint density at radius 3 is 1.56 bits per heavy atom. The summed E-state index contributed by atoms with van der Waals surface area (Å²) in [6.07, 6.45) is 0. The van der Waals surface area contributed by atoms with E-state index in [1.165, 1.54) is 0 Å². The van der Waals surface area contributed by atoms with Crippen molar-refractivity contribution < 1.29 is 8.42 Å². The van der Waals surface area contributed by atoms with E-state index in [4.69, 9.17) is 0 Å². The summed E-state index contributed by atoms with van der Waals surface area (Å²) in [7, 11) is -3.47. The van der Waals surface area contributed by atoms with Gasteiger partial charge >= 0.3 is 10.2 Å². The molecule has 0 fully saturated rings. The highest BCUT2D eigenvalue weighted by atomic mass is 32.2. The largest absolute Gasteiger partial charge is 0.363 e. The number of nitrogens with zero attached hydrogens (tertiary/aromatic N) is 2. The van der Waals surface area contributed by atoms with E-state index in [2.05, 4.69) is 8.80 Å². The predicted octanol–water partition coefficient (Wildman–Crippen LogP) is 0.167. The van der Waals surface area contributed by atoms with Gasteiger partial charge in [0.15, 0.2) is 0 Å². The van der Waals surface area contributed by atoms with Crippen LogP contribution in [0.25, 0.3) is 0 Å². The monoisotopic (exact) mass is 146 g/mol. The molecule has 1 aliphatic rings. The molecule has 0 spiro atoms. The molecular weight excluding hydrogens is 140 g/mol. The Hall–Kier alpha value is -0.710. The third kappa shape index (κ3) is 1.16. The predicted molar refractivity (Wildman–Crippen MR) is 35.1 cm³/mol. The molecule has 0 atom stereocenters. The number of hydrogen-bond acceptors (Lipinski definition) is 2. The van der Waals surface area contributed by atoms with Gasteiger partial charge in [-0.05, 0) is 13.8 Å². The Morgan fingerprint density at radius 2 is 1.44 bits per heavy atom. The van der Waals surface area contributed by atoms with Crippen LogP contribution in [-0.2, 0) is 10.2 Å². The van der Waals surface area contributed by atoms with E-state index in [1.807, 2.05) is 0 Å². The third-order valence-corrected chi connectivity index (χ3v) is 2.04. The summed E-state index contributed by atoms with van der Waals surface area (Å²) in [5.41, 5.74) is 0.963. The van der Waals surface area contributed by atoms with E-state index in [1.54, 1.807) is 13.8 Å². The highest BCUT2D eigenvalue weighted by Gasteiger charge is 2.15. The summed E-state index contributed by atoms with van der Waals surface area (Å²) in [4.78, 5) is 0. The van der Waals surface area contributed by atoms with Gasteiger partial charge in [0.1, 0.15) is 0 Å². The lowest BCUT2D eigenvalue weighted by Crippen LogP contribution is -1.98. The second kappa shape index (κ2) is 1.63. The zero-order valence-corrected chi connectivity index (χ0v) is 5.94. The molecule has 0 aromatic carbocycles. The molecule has 50 valence electrons. The van der Waals surface area contributed by atoms with E-state index < -0.39 is 10.2 Å². The van der Waals surface area contributed by atoms with Crippen LogP contribution in [0.4, 0.5) is 0 Å². The van der Waals surface area contributed by atoms with Crippen molar-refractivity contribution in [3.63, 3.8) is 0 Å². The molecule has 1 aliphatic heterocycles. The van der Waals surface area contributed by atoms with Crippen LogP contribution < -0.4 is 0 Å². The zero-order chi connectivity index (χ0) is 7.07. The van der Waals surface area contributed by atoms with E-state index in [-0.39, 0.29) is 0 Å². The number of hydrogen-bond donors (Lipinski definition) is 0. The van der Waals surface area contributed by atoms with Crippen molar-refractivity contribution in [2.75, 3.05) is 0 Å². The SMILES string of the molecule is CC1=NS(=O)(=O)N=C1C. The van der Waals surface area contributed by atoms with Crippen LogP contribution in [0.3, 0.4) is 0 Å². The Morgan fingerprint density at radius 1 is 1.11 bits per heavy atom. The van der Waals surface area contributed by atoms with Crippen molar-refractivity contribution in [1.82, 2.24) is 0 Å². The molecule has 1 heterocycles. The molecule has 5 heteroatoms. The first-order chi connectivity index (χ1) is 4.01. The van der Waals surface area contributed by atoms with Gasteiger partial charge in [0, 0.05) is 0 Å². The van der Waals surface area contributed by atoms with Crippen LogP contribution in [0.5, 0.6) is 0 Å². The minimum Gasteiger partial charge on any atom is -0.179 e. The maximum absolute atomic E-state index is 10.5. The first kappa shape index (κ1) is 6.41. The van der Waals surface area contributed by atoms with E-state index in [0.29, 0.717) is 11.4 Å². The maximum atomic E-state index is 10.5. The standard InChI is InChI=1S/C4H6N2O2S/c1-3-4(2)6-9(7,8)5-3/h1-2H3. The summed E-state index contributed by atoms with van der Waals surface area (Å²) in [6, 6.07) is 0. The van der Waals surface area contributed by atoms with E-state index >= 15 is 0 Å². The molecule has 0 aromatic rings. The van der Waals surface area contributed by atoms with Gasteiger partial charge in [-0.15, -0.1) is 8.80 Å². The highest BCUT2D eigenvalue weighted by molar-refractivity contribution is 7.89. The van der Waals surface area contributed by atoms with Crippen molar-refractivity contribution in [1.29, 1.82) is 0 Å². The van der Waals surface area contributed by atoms with Crippen LogP contribution in [-0.4, -0.2) is 19.8 Å². The smallest absolute Gasteiger partial charge is 0.179 e. The second-order valence-corrected chi connectivity index (χ2v) is 3.06. The molecule has 0 unspecified atom stereocenters. The Bertz CT molecular complexity index is 262. The Labute approximate surface area is 53.5 Å². The molecule has 0 saturated carbocycles. The molecule has 1 rings (SSSR count).